The summed E-state index contributed by atoms with van der Waals surface area (Å²) in [5.41, 5.74) is 0.760. The predicted octanol–water partition coefficient (Wildman–Crippen LogP) is 2.48. The zero-order valence-electron chi connectivity index (χ0n) is 9.60. The molecule has 1 saturated heterocycles. The lowest BCUT2D eigenvalue weighted by atomic mass is 10.1. The number of carboxylic acid groups (broad SMARTS) is 1. The minimum absolute atomic E-state index is 0.345. The third-order valence-corrected chi connectivity index (χ3v) is 4.29. The molecule has 1 unspecified atom stereocenters. The van der Waals surface area contributed by atoms with Gasteiger partial charge in [0.1, 0.15) is 11.9 Å². The normalized spacial score (nSPS) is 20.9. The lowest BCUT2D eigenvalue weighted by molar-refractivity contribution is -0.142. The molecule has 1 N–H and O–H groups in total. The van der Waals surface area contributed by atoms with Crippen LogP contribution in [0.15, 0.2) is 18.2 Å². The van der Waals surface area contributed by atoms with E-state index in [1.165, 1.54) is 12.1 Å². The molecule has 0 aliphatic carbocycles. The average molecular weight is 290 g/mol. The van der Waals surface area contributed by atoms with Gasteiger partial charge in [-0.15, -0.1) is 0 Å². The number of carbonyl (C=O) groups is 1. The highest BCUT2D eigenvalue weighted by molar-refractivity contribution is 7.99. The first kappa shape index (κ1) is 13.6. The van der Waals surface area contributed by atoms with Crippen LogP contribution in [0.4, 0.5) is 4.39 Å². The molecular formula is C12H13ClFNO2S. The van der Waals surface area contributed by atoms with E-state index in [4.69, 9.17) is 16.7 Å². The monoisotopic (exact) mass is 289 g/mol. The van der Waals surface area contributed by atoms with E-state index in [2.05, 4.69) is 0 Å². The molecule has 1 aliphatic rings. The second-order valence-electron chi connectivity index (χ2n) is 4.14. The van der Waals surface area contributed by atoms with Crippen LogP contribution < -0.4 is 0 Å². The van der Waals surface area contributed by atoms with Crippen molar-refractivity contribution in [2.45, 2.75) is 12.6 Å². The summed E-state index contributed by atoms with van der Waals surface area (Å²) in [6, 6.07) is 3.71. The van der Waals surface area contributed by atoms with Gasteiger partial charge < -0.3 is 5.11 Å². The van der Waals surface area contributed by atoms with Crippen molar-refractivity contribution in [3.8, 4) is 0 Å². The Kier molecular flexibility index (Phi) is 4.48. The fourth-order valence-electron chi connectivity index (χ4n) is 1.92. The molecule has 1 aliphatic heterocycles. The first-order valence-corrected chi connectivity index (χ1v) is 7.09. The number of nitrogens with zero attached hydrogens (tertiary/aromatic N) is 1. The fraction of sp³-hybridized carbons (Fsp3) is 0.417. The summed E-state index contributed by atoms with van der Waals surface area (Å²) in [4.78, 5) is 13.0. The molecule has 1 fully saturated rings. The third kappa shape index (κ3) is 3.16. The van der Waals surface area contributed by atoms with E-state index in [-0.39, 0.29) is 5.82 Å². The maximum absolute atomic E-state index is 12.9. The van der Waals surface area contributed by atoms with Crippen molar-refractivity contribution in [1.29, 1.82) is 0 Å². The van der Waals surface area contributed by atoms with Crippen LogP contribution in [0.3, 0.4) is 0 Å². The summed E-state index contributed by atoms with van der Waals surface area (Å²) in [5, 5.41) is 9.50. The number of benzene rings is 1. The first-order chi connectivity index (χ1) is 8.58. The first-order valence-electron chi connectivity index (χ1n) is 5.56. The zero-order chi connectivity index (χ0) is 13.1. The van der Waals surface area contributed by atoms with Crippen LogP contribution >= 0.6 is 23.4 Å². The molecule has 18 heavy (non-hydrogen) atoms. The number of rotatable bonds is 3. The van der Waals surface area contributed by atoms with Crippen molar-refractivity contribution < 1.29 is 14.3 Å². The largest absolute Gasteiger partial charge is 0.480 e. The zero-order valence-corrected chi connectivity index (χ0v) is 11.2. The molecular weight excluding hydrogens is 277 g/mol. The highest BCUT2D eigenvalue weighted by Crippen LogP contribution is 2.23. The van der Waals surface area contributed by atoms with Crippen LogP contribution in [0.5, 0.6) is 0 Å². The van der Waals surface area contributed by atoms with Crippen LogP contribution in [-0.2, 0) is 11.3 Å². The average Bonchev–Trinajstić information content (AvgIpc) is 2.33. The lowest BCUT2D eigenvalue weighted by Gasteiger charge is -2.32. The number of hydrogen-bond donors (Lipinski definition) is 1. The number of thioether (sulfide) groups is 1. The quantitative estimate of drug-likeness (QED) is 0.928. The van der Waals surface area contributed by atoms with Crippen LogP contribution in [0.1, 0.15) is 5.56 Å². The standard InChI is InChI=1S/C12H13ClFNO2S/c13-10-5-9(14)2-1-8(10)6-15-3-4-18-7-11(15)12(16)17/h1-2,5,11H,3-4,6-7H2,(H,16,17). The van der Waals surface area contributed by atoms with Gasteiger partial charge in [-0.1, -0.05) is 17.7 Å². The van der Waals surface area contributed by atoms with E-state index in [9.17, 15) is 9.18 Å². The van der Waals surface area contributed by atoms with E-state index in [1.807, 2.05) is 4.90 Å². The summed E-state index contributed by atoms with van der Waals surface area (Å²) in [6.07, 6.45) is 0. The number of hydrogen-bond acceptors (Lipinski definition) is 3. The fourth-order valence-corrected chi connectivity index (χ4v) is 3.26. The van der Waals surface area contributed by atoms with Crippen LogP contribution in [-0.4, -0.2) is 40.1 Å². The number of aliphatic carboxylic acids is 1. The van der Waals surface area contributed by atoms with E-state index in [0.29, 0.717) is 23.9 Å². The van der Waals surface area contributed by atoms with Gasteiger partial charge in [0.2, 0.25) is 0 Å². The van der Waals surface area contributed by atoms with Crippen LogP contribution in [0.2, 0.25) is 5.02 Å². The van der Waals surface area contributed by atoms with Gasteiger partial charge in [0, 0.05) is 29.6 Å². The van der Waals surface area contributed by atoms with Gasteiger partial charge in [-0.3, -0.25) is 9.69 Å². The van der Waals surface area contributed by atoms with Gasteiger partial charge in [-0.25, -0.2) is 4.39 Å². The summed E-state index contributed by atoms with van der Waals surface area (Å²) >= 11 is 7.59. The van der Waals surface area contributed by atoms with Gasteiger partial charge in [0.05, 0.1) is 0 Å². The van der Waals surface area contributed by atoms with Gasteiger partial charge in [-0.2, -0.15) is 11.8 Å². The van der Waals surface area contributed by atoms with E-state index in [1.54, 1.807) is 17.8 Å². The molecule has 0 amide bonds. The van der Waals surface area contributed by atoms with Gasteiger partial charge in [-0.05, 0) is 17.7 Å². The Labute approximate surface area is 114 Å². The second-order valence-corrected chi connectivity index (χ2v) is 5.69. The van der Waals surface area contributed by atoms with Gasteiger partial charge >= 0.3 is 5.97 Å². The maximum Gasteiger partial charge on any atom is 0.321 e. The summed E-state index contributed by atoms with van der Waals surface area (Å²) in [6.45, 7) is 1.14. The Morgan fingerprint density at radius 3 is 3.06 bits per heavy atom. The van der Waals surface area contributed by atoms with Gasteiger partial charge in [0.25, 0.3) is 0 Å². The SMILES string of the molecule is O=C(O)C1CSCCN1Cc1ccc(F)cc1Cl. The molecule has 0 aromatic heterocycles. The predicted molar refractivity (Wildman–Crippen MR) is 70.6 cm³/mol. The highest BCUT2D eigenvalue weighted by Gasteiger charge is 2.29. The van der Waals surface area contributed by atoms with Crippen LogP contribution in [0.25, 0.3) is 0 Å². The third-order valence-electron chi connectivity index (χ3n) is 2.91. The number of carboxylic acids is 1. The lowest BCUT2D eigenvalue weighted by Crippen LogP contribution is -2.46. The molecule has 6 heteroatoms. The molecule has 0 radical (unpaired) electrons. The Morgan fingerprint density at radius 1 is 1.61 bits per heavy atom. The van der Waals surface area contributed by atoms with Crippen molar-refractivity contribution in [2.24, 2.45) is 0 Å². The molecule has 2 rings (SSSR count). The second kappa shape index (κ2) is 5.91. The molecule has 0 bridgehead atoms. The minimum atomic E-state index is -0.819. The van der Waals surface area contributed by atoms with Crippen molar-refractivity contribution in [3.05, 3.63) is 34.6 Å². The highest BCUT2D eigenvalue weighted by atomic mass is 35.5. The van der Waals surface area contributed by atoms with Crippen molar-refractivity contribution >= 4 is 29.3 Å². The molecule has 0 spiro atoms. The minimum Gasteiger partial charge on any atom is -0.480 e. The summed E-state index contributed by atoms with van der Waals surface area (Å²) in [7, 11) is 0. The smallest absolute Gasteiger partial charge is 0.321 e. The Bertz CT molecular complexity index is 458. The van der Waals surface area contributed by atoms with E-state index < -0.39 is 12.0 Å². The molecule has 1 atom stereocenters. The van der Waals surface area contributed by atoms with Crippen molar-refractivity contribution in [3.63, 3.8) is 0 Å². The van der Waals surface area contributed by atoms with Crippen molar-refractivity contribution in [1.82, 2.24) is 4.90 Å². The maximum atomic E-state index is 12.9. The molecule has 1 aromatic carbocycles. The van der Waals surface area contributed by atoms with E-state index >= 15 is 0 Å². The van der Waals surface area contributed by atoms with Crippen LogP contribution in [0, 0.1) is 5.82 Å². The van der Waals surface area contributed by atoms with Crippen molar-refractivity contribution in [2.75, 3.05) is 18.1 Å². The molecule has 1 aromatic rings. The Hall–Kier alpha value is -0.780. The molecule has 3 nitrogen and oxygen atoms in total. The summed E-state index contributed by atoms with van der Waals surface area (Å²) in [5.74, 6) is 0.282. The van der Waals surface area contributed by atoms with Gasteiger partial charge in [0.15, 0.2) is 0 Å². The summed E-state index contributed by atoms with van der Waals surface area (Å²) < 4.78 is 12.9. The Balaban J connectivity index is 2.13. The number of halogens is 2. The van der Waals surface area contributed by atoms with E-state index in [0.717, 1.165) is 11.3 Å². The topological polar surface area (TPSA) is 40.5 Å². The molecule has 0 saturated carbocycles. The molecule has 1 heterocycles. The Morgan fingerprint density at radius 2 is 2.39 bits per heavy atom. The molecule has 98 valence electrons.